The summed E-state index contributed by atoms with van der Waals surface area (Å²) >= 11 is 3.49. The van der Waals surface area contributed by atoms with Gasteiger partial charge < -0.3 is 4.74 Å². The second-order valence-corrected chi connectivity index (χ2v) is 8.30. The van der Waals surface area contributed by atoms with Crippen LogP contribution in [-0.4, -0.2) is 24.8 Å². The number of halogens is 1. The summed E-state index contributed by atoms with van der Waals surface area (Å²) in [5, 5.41) is 0. The molecule has 0 atom stereocenters. The number of ketones is 2. The van der Waals surface area contributed by atoms with Crippen LogP contribution in [0.1, 0.15) is 54.7 Å². The first-order valence-electron chi connectivity index (χ1n) is 8.85. The van der Waals surface area contributed by atoms with Gasteiger partial charge in [-0.05, 0) is 73.8 Å². The van der Waals surface area contributed by atoms with E-state index in [2.05, 4.69) is 15.9 Å². The number of carbonyl (C=O) groups excluding carboxylic acids is 2. The minimum Gasteiger partial charge on any atom is -0.381 e. The Hall–Kier alpha value is -1.00. The number of benzene rings is 1. The summed E-state index contributed by atoms with van der Waals surface area (Å²) in [6.07, 6.45) is 4.21. The minimum absolute atomic E-state index is 0.108. The highest BCUT2D eigenvalue weighted by Gasteiger charge is 2.38. The summed E-state index contributed by atoms with van der Waals surface area (Å²) in [5.41, 5.74) is 2.98. The van der Waals surface area contributed by atoms with E-state index in [1.165, 1.54) is 0 Å². The molecule has 0 N–H and O–H groups in total. The Morgan fingerprint density at radius 2 is 1.54 bits per heavy atom. The molecule has 2 fully saturated rings. The van der Waals surface area contributed by atoms with Gasteiger partial charge >= 0.3 is 0 Å². The highest BCUT2D eigenvalue weighted by atomic mass is 79.9. The number of aryl methyl sites for hydroxylation is 2. The van der Waals surface area contributed by atoms with Gasteiger partial charge in [-0.15, -0.1) is 0 Å². The van der Waals surface area contributed by atoms with Gasteiger partial charge in [0, 0.05) is 30.5 Å². The van der Waals surface area contributed by atoms with Crippen LogP contribution in [0.2, 0.25) is 0 Å². The van der Waals surface area contributed by atoms with Crippen LogP contribution in [0, 0.1) is 25.7 Å². The lowest BCUT2D eigenvalue weighted by atomic mass is 9.72. The number of hydrogen-bond acceptors (Lipinski definition) is 3. The lowest BCUT2D eigenvalue weighted by Crippen LogP contribution is -2.34. The zero-order valence-electron chi connectivity index (χ0n) is 14.4. The fourth-order valence-corrected chi connectivity index (χ4v) is 5.06. The molecule has 0 radical (unpaired) electrons. The van der Waals surface area contributed by atoms with Crippen LogP contribution in [0.15, 0.2) is 16.6 Å². The van der Waals surface area contributed by atoms with Crippen molar-refractivity contribution in [3.05, 3.63) is 33.3 Å². The first-order valence-corrected chi connectivity index (χ1v) is 9.64. The molecule has 0 unspecified atom stereocenters. The van der Waals surface area contributed by atoms with Gasteiger partial charge in [-0.3, -0.25) is 9.59 Å². The molecule has 2 aliphatic rings. The Labute approximate surface area is 152 Å². The van der Waals surface area contributed by atoms with Crippen molar-refractivity contribution in [1.29, 1.82) is 0 Å². The lowest BCUT2D eigenvalue weighted by Gasteiger charge is -2.31. The third-order valence-electron chi connectivity index (χ3n) is 5.48. The first kappa shape index (κ1) is 17.8. The van der Waals surface area contributed by atoms with Crippen LogP contribution < -0.4 is 0 Å². The van der Waals surface area contributed by atoms with E-state index < -0.39 is 5.92 Å². The van der Waals surface area contributed by atoms with Crippen molar-refractivity contribution in [2.24, 2.45) is 11.8 Å². The van der Waals surface area contributed by atoms with Gasteiger partial charge in [0.1, 0.15) is 17.5 Å². The van der Waals surface area contributed by atoms with Crippen LogP contribution >= 0.6 is 15.9 Å². The van der Waals surface area contributed by atoms with E-state index in [4.69, 9.17) is 4.74 Å². The van der Waals surface area contributed by atoms with Gasteiger partial charge in [-0.2, -0.15) is 0 Å². The molecule has 0 spiro atoms. The number of ether oxygens (including phenoxy) is 1. The minimum atomic E-state index is -0.552. The summed E-state index contributed by atoms with van der Waals surface area (Å²) < 4.78 is 6.40. The molecule has 130 valence electrons. The molecule has 1 heterocycles. The Morgan fingerprint density at radius 3 is 2.08 bits per heavy atom. The Balaban J connectivity index is 1.74. The van der Waals surface area contributed by atoms with E-state index in [0.717, 1.165) is 53.6 Å². The zero-order chi connectivity index (χ0) is 17.3. The van der Waals surface area contributed by atoms with Crippen LogP contribution in [-0.2, 0) is 14.3 Å². The van der Waals surface area contributed by atoms with E-state index in [0.29, 0.717) is 18.8 Å². The van der Waals surface area contributed by atoms with Crippen LogP contribution in [0.3, 0.4) is 0 Å². The monoisotopic (exact) mass is 392 g/mol. The standard InChI is InChI=1S/C20H25BrO3/c1-12-7-16(21)8-13(2)19(12)20-17(22)10-15(11-18(20)23)9-14-3-5-24-6-4-14/h7-8,14-15,20H,3-6,9-11H2,1-2H3. The zero-order valence-corrected chi connectivity index (χ0v) is 16.0. The van der Waals surface area contributed by atoms with Crippen molar-refractivity contribution in [2.45, 2.75) is 51.9 Å². The second kappa shape index (κ2) is 7.49. The molecular formula is C20H25BrO3. The molecule has 4 heteroatoms. The smallest absolute Gasteiger partial charge is 0.148 e. The molecule has 0 aromatic heterocycles. The summed E-state index contributed by atoms with van der Waals surface area (Å²) in [6, 6.07) is 3.99. The highest BCUT2D eigenvalue weighted by molar-refractivity contribution is 9.10. The molecule has 1 aliphatic heterocycles. The Morgan fingerprint density at radius 1 is 1.00 bits per heavy atom. The molecule has 24 heavy (non-hydrogen) atoms. The molecule has 1 saturated heterocycles. The van der Waals surface area contributed by atoms with Gasteiger partial charge in [-0.25, -0.2) is 0 Å². The largest absolute Gasteiger partial charge is 0.381 e. The number of Topliss-reactive ketones (excluding diaryl/α,β-unsaturated/α-hetero) is 2. The second-order valence-electron chi connectivity index (χ2n) is 7.38. The van der Waals surface area contributed by atoms with Crippen molar-refractivity contribution in [1.82, 2.24) is 0 Å². The average Bonchev–Trinajstić information content (AvgIpc) is 2.50. The van der Waals surface area contributed by atoms with E-state index in [1.807, 2.05) is 26.0 Å². The van der Waals surface area contributed by atoms with Gasteiger partial charge in [-0.1, -0.05) is 15.9 Å². The first-order chi connectivity index (χ1) is 11.5. The van der Waals surface area contributed by atoms with E-state index in [9.17, 15) is 9.59 Å². The third kappa shape index (κ3) is 3.80. The summed E-state index contributed by atoms with van der Waals surface area (Å²) in [7, 11) is 0. The van der Waals surface area contributed by atoms with Crippen molar-refractivity contribution >= 4 is 27.5 Å². The summed E-state index contributed by atoms with van der Waals surface area (Å²) in [5.74, 6) is 0.496. The molecule has 1 saturated carbocycles. The SMILES string of the molecule is Cc1cc(Br)cc(C)c1C1C(=O)CC(CC2CCOCC2)CC1=O. The topological polar surface area (TPSA) is 43.4 Å². The van der Waals surface area contributed by atoms with E-state index in [1.54, 1.807) is 0 Å². The maximum Gasteiger partial charge on any atom is 0.148 e. The molecule has 1 aromatic rings. The molecule has 1 aliphatic carbocycles. The maximum atomic E-state index is 12.8. The predicted octanol–water partition coefficient (Wildman–Crippen LogP) is 4.51. The van der Waals surface area contributed by atoms with Crippen LogP contribution in [0.25, 0.3) is 0 Å². The quantitative estimate of drug-likeness (QED) is 0.710. The molecule has 3 rings (SSSR count). The predicted molar refractivity (Wildman–Crippen MR) is 97.3 cm³/mol. The Kier molecular flexibility index (Phi) is 5.56. The fourth-order valence-electron chi connectivity index (χ4n) is 4.38. The van der Waals surface area contributed by atoms with Gasteiger partial charge in [0.15, 0.2) is 0 Å². The van der Waals surface area contributed by atoms with Gasteiger partial charge in [0.2, 0.25) is 0 Å². The normalized spacial score (nSPS) is 26.0. The number of rotatable bonds is 3. The van der Waals surface area contributed by atoms with Crippen LogP contribution in [0.5, 0.6) is 0 Å². The Bertz CT molecular complexity index is 605. The van der Waals surface area contributed by atoms with Gasteiger partial charge in [0.25, 0.3) is 0 Å². The third-order valence-corrected chi connectivity index (χ3v) is 5.94. The van der Waals surface area contributed by atoms with Crippen molar-refractivity contribution in [3.8, 4) is 0 Å². The van der Waals surface area contributed by atoms with Crippen molar-refractivity contribution in [2.75, 3.05) is 13.2 Å². The maximum absolute atomic E-state index is 12.8. The molecule has 3 nitrogen and oxygen atoms in total. The lowest BCUT2D eigenvalue weighted by molar-refractivity contribution is -0.134. The molecule has 0 amide bonds. The van der Waals surface area contributed by atoms with Crippen LogP contribution in [0.4, 0.5) is 0 Å². The number of carbonyl (C=O) groups is 2. The van der Waals surface area contributed by atoms with Crippen molar-refractivity contribution < 1.29 is 14.3 Å². The summed E-state index contributed by atoms with van der Waals surface area (Å²) in [4.78, 5) is 25.6. The van der Waals surface area contributed by atoms with Gasteiger partial charge in [0.05, 0.1) is 0 Å². The van der Waals surface area contributed by atoms with E-state index >= 15 is 0 Å². The molecule has 1 aromatic carbocycles. The summed E-state index contributed by atoms with van der Waals surface area (Å²) in [6.45, 7) is 5.61. The molecular weight excluding hydrogens is 368 g/mol. The van der Waals surface area contributed by atoms with Crippen molar-refractivity contribution in [3.63, 3.8) is 0 Å². The fraction of sp³-hybridized carbons (Fsp3) is 0.600. The number of hydrogen-bond donors (Lipinski definition) is 0. The molecule has 0 bridgehead atoms. The van der Waals surface area contributed by atoms with E-state index in [-0.39, 0.29) is 17.5 Å². The average molecular weight is 393 g/mol. The highest BCUT2D eigenvalue weighted by Crippen LogP contribution is 2.38.